The van der Waals surface area contributed by atoms with Crippen LogP contribution in [0.4, 0.5) is 16.2 Å². The Hall–Kier alpha value is -3.33. The van der Waals surface area contributed by atoms with Crippen molar-refractivity contribution in [3.63, 3.8) is 0 Å². The number of nitrogens with zero attached hydrogens (tertiary/aromatic N) is 3. The first kappa shape index (κ1) is 25.8. The number of fused-ring (bicyclic) bond motifs is 1. The number of carbonyl (C=O) groups excluding carboxylic acids is 2. The van der Waals surface area contributed by atoms with Gasteiger partial charge >= 0.3 is 6.09 Å². The summed E-state index contributed by atoms with van der Waals surface area (Å²) >= 11 is 3.61. The van der Waals surface area contributed by atoms with Crippen LogP contribution in [0.25, 0.3) is 0 Å². The molecular weight excluding hydrogens is 522 g/mol. The van der Waals surface area contributed by atoms with E-state index in [9.17, 15) is 9.59 Å². The minimum absolute atomic E-state index is 0.0286. The molecule has 2 heterocycles. The van der Waals surface area contributed by atoms with Crippen LogP contribution in [-0.4, -0.2) is 46.1 Å². The number of rotatable bonds is 7. The number of anilines is 2. The van der Waals surface area contributed by atoms with Crippen LogP contribution in [0.1, 0.15) is 37.6 Å². The molecule has 1 aliphatic rings. The molecule has 1 aromatic heterocycles. The molecule has 2 N–H and O–H groups in total. The van der Waals surface area contributed by atoms with Crippen LogP contribution in [-0.2, 0) is 29.0 Å². The summed E-state index contributed by atoms with van der Waals surface area (Å²) in [6, 6.07) is 14.1. The molecule has 0 radical (unpaired) electrons. The van der Waals surface area contributed by atoms with E-state index in [2.05, 4.69) is 48.2 Å². The molecule has 0 aliphatic carbocycles. The lowest BCUT2D eigenvalue weighted by Crippen LogP contribution is -2.44. The molecule has 0 saturated heterocycles. The van der Waals surface area contributed by atoms with Crippen molar-refractivity contribution in [3.05, 3.63) is 76.3 Å². The number of aromatic nitrogens is 2. The Morgan fingerprint density at radius 1 is 1.25 bits per heavy atom. The second-order valence-corrected chi connectivity index (χ2v) is 10.4. The van der Waals surface area contributed by atoms with Gasteiger partial charge in [0.25, 0.3) is 0 Å². The van der Waals surface area contributed by atoms with E-state index in [0.717, 1.165) is 27.8 Å². The Labute approximate surface area is 220 Å². The number of hydrogen-bond acceptors (Lipinski definition) is 5. The van der Waals surface area contributed by atoms with Gasteiger partial charge in [-0.3, -0.25) is 10.1 Å². The zero-order valence-electron chi connectivity index (χ0n) is 20.8. The topological polar surface area (TPSA) is 90.6 Å². The maximum Gasteiger partial charge on any atom is 0.411 e. The molecule has 3 aromatic rings. The highest BCUT2D eigenvalue weighted by atomic mass is 79.9. The van der Waals surface area contributed by atoms with Gasteiger partial charge in [0.1, 0.15) is 0 Å². The molecule has 2 aromatic carbocycles. The zero-order valence-corrected chi connectivity index (χ0v) is 22.4. The summed E-state index contributed by atoms with van der Waals surface area (Å²) in [6.45, 7) is 7.63. The zero-order chi connectivity index (χ0) is 25.7. The van der Waals surface area contributed by atoms with Gasteiger partial charge in [0.15, 0.2) is 0 Å². The van der Waals surface area contributed by atoms with Gasteiger partial charge in [-0.2, -0.15) is 0 Å². The van der Waals surface area contributed by atoms with Crippen LogP contribution in [0, 0.1) is 5.92 Å². The van der Waals surface area contributed by atoms with Gasteiger partial charge in [-0.15, -0.1) is 0 Å². The van der Waals surface area contributed by atoms with Crippen molar-refractivity contribution in [2.45, 2.75) is 46.3 Å². The summed E-state index contributed by atoms with van der Waals surface area (Å²) in [4.78, 5) is 36.8. The quantitative estimate of drug-likeness (QED) is 0.411. The minimum Gasteiger partial charge on any atom is -0.449 e. The maximum absolute atomic E-state index is 12.8. The largest absolute Gasteiger partial charge is 0.449 e. The molecule has 2 amide bonds. The third-order valence-electron chi connectivity index (χ3n) is 6.14. The number of carbonyl (C=O) groups is 2. The average Bonchev–Trinajstić information content (AvgIpc) is 3.30. The Morgan fingerprint density at radius 3 is 2.69 bits per heavy atom. The third kappa shape index (κ3) is 6.46. The van der Waals surface area contributed by atoms with Crippen molar-refractivity contribution >= 4 is 39.3 Å². The van der Waals surface area contributed by atoms with Gasteiger partial charge in [0, 0.05) is 36.4 Å². The molecule has 190 valence electrons. The average molecular weight is 554 g/mol. The lowest BCUT2D eigenvalue weighted by atomic mass is 10.0. The molecule has 4 rings (SSSR count). The first-order valence-corrected chi connectivity index (χ1v) is 12.9. The summed E-state index contributed by atoms with van der Waals surface area (Å²) in [6.07, 6.45) is 3.71. The molecule has 0 bridgehead atoms. The molecule has 0 fully saturated rings. The van der Waals surface area contributed by atoms with Gasteiger partial charge in [0.2, 0.25) is 5.91 Å². The summed E-state index contributed by atoms with van der Waals surface area (Å²) in [7, 11) is 0. The molecule has 0 saturated carbocycles. The predicted octanol–water partition coefficient (Wildman–Crippen LogP) is 5.36. The van der Waals surface area contributed by atoms with Gasteiger partial charge in [-0.1, -0.05) is 44.2 Å². The second-order valence-electron chi connectivity index (χ2n) is 9.53. The number of H-pyrrole nitrogens is 1. The fourth-order valence-corrected chi connectivity index (χ4v) is 4.92. The Bertz CT molecular complexity index is 1180. The highest BCUT2D eigenvalue weighted by molar-refractivity contribution is 9.10. The molecule has 8 nitrogen and oxygen atoms in total. The van der Waals surface area contributed by atoms with Crippen molar-refractivity contribution < 1.29 is 14.3 Å². The van der Waals surface area contributed by atoms with Crippen LogP contribution in [0.5, 0.6) is 0 Å². The number of imidazole rings is 1. The normalized spacial score (nSPS) is 15.4. The van der Waals surface area contributed by atoms with E-state index in [4.69, 9.17) is 4.74 Å². The van der Waals surface area contributed by atoms with Gasteiger partial charge in [-0.05, 0) is 51.5 Å². The molecule has 9 heteroatoms. The van der Waals surface area contributed by atoms with Crippen LogP contribution in [0.3, 0.4) is 0 Å². The number of ether oxygens (including phenoxy) is 1. The van der Waals surface area contributed by atoms with Crippen molar-refractivity contribution in [2.24, 2.45) is 5.92 Å². The van der Waals surface area contributed by atoms with Crippen LogP contribution in [0.15, 0.2) is 59.5 Å². The van der Waals surface area contributed by atoms with Gasteiger partial charge < -0.3 is 19.5 Å². The van der Waals surface area contributed by atoms with Crippen LogP contribution in [0.2, 0.25) is 0 Å². The summed E-state index contributed by atoms with van der Waals surface area (Å²) < 4.78 is 6.06. The standard InChI is InChI=1S/C27H32BrN5O3/c1-18(2)16-36-27(35)31-25-11-26-21(10-24(25)28)13-33(19(3)34)23(9-20-7-5-4-6-8-20)15-32(26)14-22-12-29-17-30-22/h4-8,10-12,17-18,23H,9,13-16H2,1-3H3,(H,29,30)(H,31,35). The Morgan fingerprint density at radius 2 is 2.03 bits per heavy atom. The highest BCUT2D eigenvalue weighted by Gasteiger charge is 2.31. The number of benzene rings is 2. The smallest absolute Gasteiger partial charge is 0.411 e. The van der Waals surface area contributed by atoms with Crippen molar-refractivity contribution in [2.75, 3.05) is 23.4 Å². The van der Waals surface area contributed by atoms with E-state index in [1.165, 1.54) is 5.56 Å². The number of aromatic amines is 1. The summed E-state index contributed by atoms with van der Waals surface area (Å²) in [5.41, 5.74) is 4.71. The van der Waals surface area contributed by atoms with E-state index in [1.54, 1.807) is 19.4 Å². The van der Waals surface area contributed by atoms with Crippen LogP contribution < -0.4 is 10.2 Å². The molecule has 36 heavy (non-hydrogen) atoms. The first-order valence-electron chi connectivity index (χ1n) is 12.1. The lowest BCUT2D eigenvalue weighted by molar-refractivity contribution is -0.131. The number of amides is 2. The van der Waals surface area contributed by atoms with Gasteiger partial charge in [-0.25, -0.2) is 9.78 Å². The van der Waals surface area contributed by atoms with E-state index in [-0.39, 0.29) is 17.9 Å². The lowest BCUT2D eigenvalue weighted by Gasteiger charge is -2.32. The van der Waals surface area contributed by atoms with Crippen LogP contribution >= 0.6 is 15.9 Å². The monoisotopic (exact) mass is 553 g/mol. The number of halogens is 1. The minimum atomic E-state index is -0.495. The third-order valence-corrected chi connectivity index (χ3v) is 6.80. The van der Waals surface area contributed by atoms with Crippen molar-refractivity contribution in [1.82, 2.24) is 14.9 Å². The molecule has 1 atom stereocenters. The van der Waals surface area contributed by atoms with E-state index >= 15 is 0 Å². The fraction of sp³-hybridized carbons (Fsp3) is 0.370. The van der Waals surface area contributed by atoms with E-state index in [1.807, 2.05) is 49.1 Å². The molecule has 1 aliphatic heterocycles. The molecule has 1 unspecified atom stereocenters. The first-order chi connectivity index (χ1) is 17.3. The fourth-order valence-electron chi connectivity index (χ4n) is 4.43. The Balaban J connectivity index is 1.69. The highest BCUT2D eigenvalue weighted by Crippen LogP contribution is 2.36. The Kier molecular flexibility index (Phi) is 8.30. The van der Waals surface area contributed by atoms with Gasteiger partial charge in [0.05, 0.1) is 36.9 Å². The van der Waals surface area contributed by atoms with Crippen molar-refractivity contribution in [1.29, 1.82) is 0 Å². The number of hydrogen-bond donors (Lipinski definition) is 2. The van der Waals surface area contributed by atoms with E-state index < -0.39 is 6.09 Å². The van der Waals surface area contributed by atoms with Crippen molar-refractivity contribution in [3.8, 4) is 0 Å². The maximum atomic E-state index is 12.8. The summed E-state index contributed by atoms with van der Waals surface area (Å²) in [5, 5.41) is 2.87. The number of nitrogens with one attached hydrogen (secondary N) is 2. The summed E-state index contributed by atoms with van der Waals surface area (Å²) in [5.74, 6) is 0.274. The second kappa shape index (κ2) is 11.6. The SMILES string of the molecule is CC(=O)N1Cc2cc(Br)c(NC(=O)OCC(C)C)cc2N(Cc2cnc[nH]2)CC1Cc1ccccc1. The molecule has 0 spiro atoms. The van der Waals surface area contributed by atoms with E-state index in [0.29, 0.717) is 31.9 Å². The molecular formula is C27H32BrN5O3. The predicted molar refractivity (Wildman–Crippen MR) is 144 cm³/mol.